The number of rotatable bonds is 4. The van der Waals surface area contributed by atoms with Gasteiger partial charge in [0.2, 0.25) is 0 Å². The Morgan fingerprint density at radius 3 is 2.78 bits per heavy atom. The number of hydrogen-bond acceptors (Lipinski definition) is 3. The molecule has 5 nitrogen and oxygen atoms in total. The highest BCUT2D eigenvalue weighted by atomic mass is 19.1. The summed E-state index contributed by atoms with van der Waals surface area (Å²) in [5.74, 6) is -0.373. The molecule has 1 N–H and O–H groups in total. The van der Waals surface area contributed by atoms with E-state index in [1.807, 2.05) is 18.5 Å². The first-order valence-electron chi connectivity index (χ1n) is 7.75. The molecule has 1 aliphatic heterocycles. The summed E-state index contributed by atoms with van der Waals surface area (Å²) in [6.07, 6.45) is 1.31. The van der Waals surface area contributed by atoms with Gasteiger partial charge in [0, 0.05) is 6.61 Å². The lowest BCUT2D eigenvalue weighted by Crippen LogP contribution is -2.27. The summed E-state index contributed by atoms with van der Waals surface area (Å²) >= 11 is 0. The van der Waals surface area contributed by atoms with Crippen molar-refractivity contribution in [2.45, 2.75) is 39.3 Å². The smallest absolute Gasteiger partial charge is 0.253 e. The molecule has 23 heavy (non-hydrogen) atoms. The number of benzene rings is 1. The van der Waals surface area contributed by atoms with E-state index in [1.54, 1.807) is 12.1 Å². The number of carbonyl (C=O) groups is 1. The second kappa shape index (κ2) is 6.50. The monoisotopic (exact) mass is 317 g/mol. The molecular weight excluding hydrogens is 297 g/mol. The molecular formula is C17H20FN3O2. The van der Waals surface area contributed by atoms with E-state index >= 15 is 0 Å². The van der Waals surface area contributed by atoms with Crippen LogP contribution in [0.2, 0.25) is 0 Å². The summed E-state index contributed by atoms with van der Waals surface area (Å²) < 4.78 is 20.2. The van der Waals surface area contributed by atoms with E-state index < -0.39 is 0 Å². The number of amides is 1. The van der Waals surface area contributed by atoms with Crippen molar-refractivity contribution in [3.63, 3.8) is 0 Å². The molecule has 3 rings (SSSR count). The number of carbonyl (C=O) groups excluding carboxylic acids is 1. The summed E-state index contributed by atoms with van der Waals surface area (Å²) in [6, 6.07) is 6.33. The van der Waals surface area contributed by atoms with Gasteiger partial charge in [0.15, 0.2) is 0 Å². The maximum atomic E-state index is 13.0. The van der Waals surface area contributed by atoms with Crippen LogP contribution < -0.4 is 5.32 Å². The Labute approximate surface area is 134 Å². The van der Waals surface area contributed by atoms with E-state index in [-0.39, 0.29) is 17.8 Å². The zero-order valence-corrected chi connectivity index (χ0v) is 13.3. The predicted molar refractivity (Wildman–Crippen MR) is 84.8 cm³/mol. The molecule has 0 spiro atoms. The standard InChI is InChI=1S/C17H20FN3O2/c1-11-16(19-17(22)15-4-3-9-23-15)12(2)21(20-11)10-13-5-7-14(18)8-6-13/h5-8,15H,3-4,9-10H2,1-2H3,(H,19,22)/t15-/m1/s1. The Morgan fingerprint density at radius 1 is 1.39 bits per heavy atom. The molecule has 1 saturated heterocycles. The molecule has 0 radical (unpaired) electrons. The highest BCUT2D eigenvalue weighted by molar-refractivity contribution is 5.95. The van der Waals surface area contributed by atoms with Crippen LogP contribution in [0.5, 0.6) is 0 Å². The molecule has 6 heteroatoms. The van der Waals surface area contributed by atoms with Crippen molar-refractivity contribution in [2.24, 2.45) is 0 Å². The number of aromatic nitrogens is 2. The molecule has 2 heterocycles. The molecule has 1 atom stereocenters. The van der Waals surface area contributed by atoms with Gasteiger partial charge in [-0.2, -0.15) is 5.10 Å². The first-order chi connectivity index (χ1) is 11.0. The van der Waals surface area contributed by atoms with Gasteiger partial charge < -0.3 is 10.1 Å². The summed E-state index contributed by atoms with van der Waals surface area (Å²) in [7, 11) is 0. The SMILES string of the molecule is Cc1nn(Cc2ccc(F)cc2)c(C)c1NC(=O)[C@H]1CCCO1. The van der Waals surface area contributed by atoms with Crippen LogP contribution in [-0.4, -0.2) is 28.4 Å². The fraction of sp³-hybridized carbons (Fsp3) is 0.412. The van der Waals surface area contributed by atoms with Crippen LogP contribution in [0.1, 0.15) is 29.8 Å². The van der Waals surface area contributed by atoms with Crippen LogP contribution in [0.3, 0.4) is 0 Å². The zero-order valence-electron chi connectivity index (χ0n) is 13.3. The van der Waals surface area contributed by atoms with Crippen molar-refractivity contribution in [1.82, 2.24) is 9.78 Å². The van der Waals surface area contributed by atoms with Crippen molar-refractivity contribution in [2.75, 3.05) is 11.9 Å². The van der Waals surface area contributed by atoms with E-state index in [2.05, 4.69) is 10.4 Å². The Bertz CT molecular complexity index is 703. The fourth-order valence-corrected chi connectivity index (χ4v) is 2.78. The maximum absolute atomic E-state index is 13.0. The topological polar surface area (TPSA) is 56.2 Å². The average molecular weight is 317 g/mol. The minimum Gasteiger partial charge on any atom is -0.368 e. The van der Waals surface area contributed by atoms with Crippen LogP contribution in [-0.2, 0) is 16.1 Å². The number of aryl methyl sites for hydroxylation is 1. The Balaban J connectivity index is 1.76. The van der Waals surface area contributed by atoms with Gasteiger partial charge >= 0.3 is 0 Å². The van der Waals surface area contributed by atoms with Crippen LogP contribution >= 0.6 is 0 Å². The molecule has 1 aliphatic rings. The lowest BCUT2D eigenvalue weighted by Gasteiger charge is -2.11. The quantitative estimate of drug-likeness (QED) is 0.943. The minimum absolute atomic E-state index is 0.116. The normalized spacial score (nSPS) is 17.4. The van der Waals surface area contributed by atoms with Crippen molar-refractivity contribution in [1.29, 1.82) is 0 Å². The van der Waals surface area contributed by atoms with Gasteiger partial charge in [-0.3, -0.25) is 9.48 Å². The van der Waals surface area contributed by atoms with Gasteiger partial charge in [-0.05, 0) is 44.4 Å². The van der Waals surface area contributed by atoms with E-state index in [4.69, 9.17) is 4.74 Å². The van der Waals surface area contributed by atoms with Crippen molar-refractivity contribution in [3.8, 4) is 0 Å². The van der Waals surface area contributed by atoms with Gasteiger partial charge in [-0.1, -0.05) is 12.1 Å². The maximum Gasteiger partial charge on any atom is 0.253 e. The van der Waals surface area contributed by atoms with E-state index in [9.17, 15) is 9.18 Å². The number of anilines is 1. The van der Waals surface area contributed by atoms with Gasteiger partial charge in [-0.15, -0.1) is 0 Å². The molecule has 1 fully saturated rings. The molecule has 2 aromatic rings. The molecule has 1 aromatic carbocycles. The number of hydrogen-bond donors (Lipinski definition) is 1. The van der Waals surface area contributed by atoms with Gasteiger partial charge in [0.1, 0.15) is 11.9 Å². The third kappa shape index (κ3) is 3.42. The average Bonchev–Trinajstić information content (AvgIpc) is 3.14. The third-order valence-corrected chi connectivity index (χ3v) is 4.10. The number of nitrogens with one attached hydrogen (secondary N) is 1. The highest BCUT2D eigenvalue weighted by Gasteiger charge is 2.25. The largest absolute Gasteiger partial charge is 0.368 e. The second-order valence-corrected chi connectivity index (χ2v) is 5.82. The molecule has 1 aromatic heterocycles. The van der Waals surface area contributed by atoms with Crippen LogP contribution in [0, 0.1) is 19.7 Å². The van der Waals surface area contributed by atoms with Crippen LogP contribution in [0.15, 0.2) is 24.3 Å². The fourth-order valence-electron chi connectivity index (χ4n) is 2.78. The summed E-state index contributed by atoms with van der Waals surface area (Å²) in [5, 5.41) is 7.40. The molecule has 1 amide bonds. The Kier molecular flexibility index (Phi) is 4.43. The summed E-state index contributed by atoms with van der Waals surface area (Å²) in [6.45, 7) is 4.94. The molecule has 122 valence electrons. The minimum atomic E-state index is -0.366. The lowest BCUT2D eigenvalue weighted by molar-refractivity contribution is -0.124. The molecule has 0 saturated carbocycles. The van der Waals surface area contributed by atoms with Gasteiger partial charge in [0.25, 0.3) is 5.91 Å². The van der Waals surface area contributed by atoms with Crippen molar-refractivity contribution < 1.29 is 13.9 Å². The highest BCUT2D eigenvalue weighted by Crippen LogP contribution is 2.22. The molecule has 0 bridgehead atoms. The van der Waals surface area contributed by atoms with Gasteiger partial charge in [0.05, 0.1) is 23.6 Å². The zero-order chi connectivity index (χ0) is 16.4. The van der Waals surface area contributed by atoms with Crippen molar-refractivity contribution >= 4 is 11.6 Å². The Hall–Kier alpha value is -2.21. The number of ether oxygens (including phenoxy) is 1. The van der Waals surface area contributed by atoms with Crippen molar-refractivity contribution in [3.05, 3.63) is 47.0 Å². The first-order valence-corrected chi connectivity index (χ1v) is 7.75. The molecule has 0 aliphatic carbocycles. The number of nitrogens with zero attached hydrogens (tertiary/aromatic N) is 2. The van der Waals surface area contributed by atoms with Crippen LogP contribution in [0.25, 0.3) is 0 Å². The first kappa shape index (κ1) is 15.7. The second-order valence-electron chi connectivity index (χ2n) is 5.82. The van der Waals surface area contributed by atoms with E-state index in [1.165, 1.54) is 12.1 Å². The van der Waals surface area contributed by atoms with E-state index in [0.717, 1.165) is 35.5 Å². The van der Waals surface area contributed by atoms with E-state index in [0.29, 0.717) is 13.2 Å². The Morgan fingerprint density at radius 2 is 2.13 bits per heavy atom. The van der Waals surface area contributed by atoms with Crippen LogP contribution in [0.4, 0.5) is 10.1 Å². The predicted octanol–water partition coefficient (Wildman–Crippen LogP) is 2.80. The molecule has 0 unspecified atom stereocenters. The summed E-state index contributed by atoms with van der Waals surface area (Å²) in [4.78, 5) is 12.2. The third-order valence-electron chi connectivity index (χ3n) is 4.10. The lowest BCUT2D eigenvalue weighted by atomic mass is 10.2. The summed E-state index contributed by atoms with van der Waals surface area (Å²) in [5.41, 5.74) is 3.32. The van der Waals surface area contributed by atoms with Gasteiger partial charge in [-0.25, -0.2) is 4.39 Å². The number of halogens is 1.